The van der Waals surface area contributed by atoms with E-state index in [9.17, 15) is 4.57 Å². The highest BCUT2D eigenvalue weighted by molar-refractivity contribution is 7.60. The van der Waals surface area contributed by atoms with Gasteiger partial charge in [-0.15, -0.1) is 0 Å². The monoisotopic (exact) mass is 333 g/mol. The van der Waals surface area contributed by atoms with Crippen LogP contribution in [0.5, 0.6) is 11.5 Å². The molecule has 0 spiro atoms. The number of benzene rings is 2. The van der Waals surface area contributed by atoms with Crippen molar-refractivity contribution in [3.8, 4) is 11.5 Å². The van der Waals surface area contributed by atoms with Crippen LogP contribution in [0.4, 0.5) is 5.69 Å². The second-order valence-corrected chi connectivity index (χ2v) is 7.84. The van der Waals surface area contributed by atoms with Gasteiger partial charge >= 0.3 is 7.52 Å². The molecule has 0 saturated heterocycles. The first-order valence-corrected chi connectivity index (χ1v) is 9.82. The predicted molar refractivity (Wildman–Crippen MR) is 95.9 cm³/mol. The van der Waals surface area contributed by atoms with E-state index in [0.717, 1.165) is 29.0 Å². The van der Waals surface area contributed by atoms with Crippen LogP contribution in [0.1, 0.15) is 24.5 Å². The van der Waals surface area contributed by atoms with Crippen molar-refractivity contribution in [2.24, 2.45) is 0 Å². The minimum atomic E-state index is -3.00. The van der Waals surface area contributed by atoms with Crippen LogP contribution in [-0.2, 0) is 4.57 Å². The Balaban J connectivity index is 2.04. The van der Waals surface area contributed by atoms with Crippen LogP contribution in [0.15, 0.2) is 42.5 Å². The lowest BCUT2D eigenvalue weighted by Gasteiger charge is -2.18. The first-order chi connectivity index (χ1) is 10.9. The minimum absolute atomic E-state index is 0.615. The van der Waals surface area contributed by atoms with E-state index in [0.29, 0.717) is 12.4 Å². The fraction of sp³-hybridized carbons (Fsp3) is 0.333. The molecule has 2 aromatic carbocycles. The van der Waals surface area contributed by atoms with Gasteiger partial charge in [0.25, 0.3) is 0 Å². The molecular formula is C18H24NO3P. The van der Waals surface area contributed by atoms with Gasteiger partial charge in [-0.3, -0.25) is 4.57 Å². The molecule has 0 saturated carbocycles. The SMILES string of the molecule is CCCOc1ccc(NP(C)(=O)Oc2cc(C)cc(C)c2)cc1. The van der Waals surface area contributed by atoms with Crippen molar-refractivity contribution in [1.82, 2.24) is 0 Å². The summed E-state index contributed by atoms with van der Waals surface area (Å²) in [6.07, 6.45) is 0.966. The van der Waals surface area contributed by atoms with E-state index in [4.69, 9.17) is 9.26 Å². The van der Waals surface area contributed by atoms with E-state index in [1.54, 1.807) is 6.66 Å². The highest BCUT2D eigenvalue weighted by Crippen LogP contribution is 2.43. The maximum atomic E-state index is 12.7. The Morgan fingerprint density at radius 3 is 2.17 bits per heavy atom. The normalized spacial score (nSPS) is 13.2. The summed E-state index contributed by atoms with van der Waals surface area (Å²) < 4.78 is 23.9. The van der Waals surface area contributed by atoms with E-state index in [-0.39, 0.29) is 0 Å². The summed E-state index contributed by atoms with van der Waals surface area (Å²) in [7, 11) is -3.00. The summed E-state index contributed by atoms with van der Waals surface area (Å²) >= 11 is 0. The number of rotatable bonds is 7. The van der Waals surface area contributed by atoms with Gasteiger partial charge in [0.1, 0.15) is 11.5 Å². The van der Waals surface area contributed by atoms with Gasteiger partial charge in [0, 0.05) is 12.4 Å². The third-order valence-electron chi connectivity index (χ3n) is 3.13. The molecule has 1 atom stereocenters. The number of anilines is 1. The summed E-state index contributed by atoms with van der Waals surface area (Å²) in [6.45, 7) is 8.31. The van der Waals surface area contributed by atoms with Crippen molar-refractivity contribution >= 4 is 13.2 Å². The Hall–Kier alpha value is -1.93. The average Bonchev–Trinajstić information content (AvgIpc) is 2.44. The molecule has 2 rings (SSSR count). The summed E-state index contributed by atoms with van der Waals surface area (Å²) in [5.41, 5.74) is 2.90. The molecule has 0 aliphatic carbocycles. The second-order valence-electron chi connectivity index (χ2n) is 5.75. The Kier molecular flexibility index (Phi) is 5.73. The molecule has 0 heterocycles. The standard InChI is InChI=1S/C18H24NO3P/c1-5-10-21-17-8-6-16(7-9-17)19-23(4,20)22-18-12-14(2)11-15(3)13-18/h6-9,11-13H,5,10H2,1-4H3,(H,19,20). The molecule has 0 aromatic heterocycles. The minimum Gasteiger partial charge on any atom is -0.494 e. The molecule has 1 N–H and O–H groups in total. The van der Waals surface area contributed by atoms with Crippen LogP contribution in [0.2, 0.25) is 0 Å². The Morgan fingerprint density at radius 2 is 1.61 bits per heavy atom. The van der Waals surface area contributed by atoms with Gasteiger partial charge in [-0.25, -0.2) is 0 Å². The molecule has 23 heavy (non-hydrogen) atoms. The van der Waals surface area contributed by atoms with Gasteiger partial charge in [-0.05, 0) is 67.8 Å². The van der Waals surface area contributed by atoms with Crippen LogP contribution < -0.4 is 14.3 Å². The average molecular weight is 333 g/mol. The Bertz CT molecular complexity index is 678. The second kappa shape index (κ2) is 7.56. The lowest BCUT2D eigenvalue weighted by Crippen LogP contribution is -2.03. The number of hydrogen-bond acceptors (Lipinski definition) is 3. The highest BCUT2D eigenvalue weighted by Gasteiger charge is 2.17. The first-order valence-electron chi connectivity index (χ1n) is 7.74. The number of ether oxygens (including phenoxy) is 1. The van der Waals surface area contributed by atoms with Crippen molar-refractivity contribution in [2.45, 2.75) is 27.2 Å². The van der Waals surface area contributed by atoms with Crippen molar-refractivity contribution in [3.05, 3.63) is 53.6 Å². The maximum absolute atomic E-state index is 12.7. The third kappa shape index (κ3) is 5.65. The molecule has 0 aliphatic heterocycles. The van der Waals surface area contributed by atoms with Crippen molar-refractivity contribution < 1.29 is 13.8 Å². The molecule has 1 unspecified atom stereocenters. The zero-order valence-electron chi connectivity index (χ0n) is 14.1. The first kappa shape index (κ1) is 17.4. The van der Waals surface area contributed by atoms with Crippen molar-refractivity contribution in [2.75, 3.05) is 18.4 Å². The number of nitrogens with one attached hydrogen (secondary N) is 1. The number of aryl methyl sites for hydroxylation is 2. The molecule has 124 valence electrons. The number of hydrogen-bond donors (Lipinski definition) is 1. The molecule has 5 heteroatoms. The Morgan fingerprint density at radius 1 is 1.00 bits per heavy atom. The van der Waals surface area contributed by atoms with Crippen LogP contribution in [-0.4, -0.2) is 13.3 Å². The molecule has 0 aliphatic rings. The fourth-order valence-electron chi connectivity index (χ4n) is 2.29. The summed E-state index contributed by atoms with van der Waals surface area (Å²) in [4.78, 5) is 0. The van der Waals surface area contributed by atoms with Crippen LogP contribution in [0, 0.1) is 13.8 Å². The molecule has 4 nitrogen and oxygen atoms in total. The summed E-state index contributed by atoms with van der Waals surface area (Å²) in [5.74, 6) is 1.42. The van der Waals surface area contributed by atoms with Crippen molar-refractivity contribution in [1.29, 1.82) is 0 Å². The third-order valence-corrected chi connectivity index (χ3v) is 4.36. The smallest absolute Gasteiger partial charge is 0.338 e. The maximum Gasteiger partial charge on any atom is 0.338 e. The lowest BCUT2D eigenvalue weighted by molar-refractivity contribution is 0.317. The predicted octanol–water partition coefficient (Wildman–Crippen LogP) is 5.41. The highest BCUT2D eigenvalue weighted by atomic mass is 31.2. The van der Waals surface area contributed by atoms with Crippen molar-refractivity contribution in [3.63, 3.8) is 0 Å². The molecule has 2 aromatic rings. The van der Waals surface area contributed by atoms with Crippen LogP contribution >= 0.6 is 7.52 Å². The van der Waals surface area contributed by atoms with Crippen LogP contribution in [0.3, 0.4) is 0 Å². The topological polar surface area (TPSA) is 47.6 Å². The van der Waals surface area contributed by atoms with E-state index in [1.165, 1.54) is 0 Å². The molecule has 0 fully saturated rings. The van der Waals surface area contributed by atoms with E-state index < -0.39 is 7.52 Å². The zero-order chi connectivity index (χ0) is 16.9. The summed E-state index contributed by atoms with van der Waals surface area (Å²) in [5, 5.41) is 2.97. The van der Waals surface area contributed by atoms with Crippen LogP contribution in [0.25, 0.3) is 0 Å². The van der Waals surface area contributed by atoms with Gasteiger partial charge < -0.3 is 14.3 Å². The Labute approximate surface area is 138 Å². The molecular weight excluding hydrogens is 309 g/mol. The van der Waals surface area contributed by atoms with E-state index >= 15 is 0 Å². The molecule has 0 amide bonds. The van der Waals surface area contributed by atoms with Gasteiger partial charge in [0.05, 0.1) is 6.61 Å². The zero-order valence-corrected chi connectivity index (χ0v) is 15.0. The van der Waals surface area contributed by atoms with Gasteiger partial charge in [-0.1, -0.05) is 13.0 Å². The largest absolute Gasteiger partial charge is 0.494 e. The van der Waals surface area contributed by atoms with Gasteiger partial charge in [0.15, 0.2) is 0 Å². The van der Waals surface area contributed by atoms with Gasteiger partial charge in [-0.2, -0.15) is 0 Å². The molecule has 0 radical (unpaired) electrons. The summed E-state index contributed by atoms with van der Waals surface area (Å²) in [6, 6.07) is 13.2. The quantitative estimate of drug-likeness (QED) is 0.689. The lowest BCUT2D eigenvalue weighted by atomic mass is 10.1. The van der Waals surface area contributed by atoms with Gasteiger partial charge in [0.2, 0.25) is 0 Å². The molecule has 0 bridgehead atoms. The van der Waals surface area contributed by atoms with E-state index in [1.807, 2.05) is 50.2 Å². The fourth-order valence-corrected chi connectivity index (χ4v) is 3.46. The van der Waals surface area contributed by atoms with E-state index in [2.05, 4.69) is 18.1 Å².